The van der Waals surface area contributed by atoms with Crippen molar-refractivity contribution in [1.82, 2.24) is 15.5 Å². The molecule has 0 saturated heterocycles. The van der Waals surface area contributed by atoms with Gasteiger partial charge in [-0.3, -0.25) is 33.7 Å². The number of carboxylic acids is 1. The van der Waals surface area contributed by atoms with Crippen molar-refractivity contribution in [1.29, 1.82) is 0 Å². The minimum atomic E-state index is -1.10. The number of carbonyl (C=O) groups excluding carboxylic acids is 5. The van der Waals surface area contributed by atoms with E-state index >= 15 is 0 Å². The molecule has 0 aromatic rings. The lowest BCUT2D eigenvalue weighted by Gasteiger charge is -2.24. The zero-order valence-electron chi connectivity index (χ0n) is 17.6. The summed E-state index contributed by atoms with van der Waals surface area (Å²) < 4.78 is 0. The lowest BCUT2D eigenvalue weighted by molar-refractivity contribution is -0.138. The molecule has 0 saturated carbocycles. The van der Waals surface area contributed by atoms with Crippen LogP contribution in [0.3, 0.4) is 0 Å². The summed E-state index contributed by atoms with van der Waals surface area (Å²) in [4.78, 5) is 71.1. The smallest absolute Gasteiger partial charge is 0.303 e. The Morgan fingerprint density at radius 3 is 2.13 bits per heavy atom. The van der Waals surface area contributed by atoms with Crippen LogP contribution in [0.25, 0.3) is 0 Å². The van der Waals surface area contributed by atoms with Crippen molar-refractivity contribution < 1.29 is 33.9 Å². The highest BCUT2D eigenvalue weighted by Gasteiger charge is 2.28. The predicted molar refractivity (Wildman–Crippen MR) is 114 cm³/mol. The Balaban J connectivity index is 2.44. The Bertz CT molecular complexity index is 733. The fourth-order valence-electron chi connectivity index (χ4n) is 2.95. The zero-order chi connectivity index (χ0) is 23.6. The third kappa shape index (κ3) is 9.33. The first kappa shape index (κ1) is 26.3. The quantitative estimate of drug-likeness (QED) is 0.168. The number of imide groups is 1. The fourth-order valence-corrected chi connectivity index (χ4v) is 3.14. The Labute approximate surface area is 186 Å². The summed E-state index contributed by atoms with van der Waals surface area (Å²) in [6.07, 6.45) is 3.90. The van der Waals surface area contributed by atoms with Gasteiger partial charge in [-0.25, -0.2) is 0 Å². The second-order valence-corrected chi connectivity index (χ2v) is 8.03. The van der Waals surface area contributed by atoms with Crippen molar-refractivity contribution in [3.05, 3.63) is 12.2 Å². The minimum absolute atomic E-state index is 0.0975. The highest BCUT2D eigenvalue weighted by Crippen LogP contribution is 2.10. The van der Waals surface area contributed by atoms with Crippen LogP contribution in [0.15, 0.2) is 12.2 Å². The van der Waals surface area contributed by atoms with Gasteiger partial charge >= 0.3 is 5.97 Å². The highest BCUT2D eigenvalue weighted by molar-refractivity contribution is 7.96. The lowest BCUT2D eigenvalue weighted by Crippen LogP contribution is -2.53. The van der Waals surface area contributed by atoms with E-state index in [4.69, 9.17) is 5.11 Å². The van der Waals surface area contributed by atoms with Gasteiger partial charge in [0.25, 0.3) is 11.8 Å². The third-order valence-corrected chi connectivity index (χ3v) is 5.02. The molecule has 172 valence electrons. The molecule has 1 rings (SSSR count). The van der Waals surface area contributed by atoms with Gasteiger partial charge in [0.1, 0.15) is 6.04 Å². The Hall–Kier alpha value is -2.69. The van der Waals surface area contributed by atoms with Crippen LogP contribution in [0.5, 0.6) is 0 Å². The summed E-state index contributed by atoms with van der Waals surface area (Å²) in [7, 11) is 0. The average Bonchev–Trinajstić information content (AvgIpc) is 3.00. The van der Waals surface area contributed by atoms with Gasteiger partial charge in [-0.2, -0.15) is 0 Å². The van der Waals surface area contributed by atoms with Gasteiger partial charge in [-0.15, -0.1) is 12.6 Å². The van der Waals surface area contributed by atoms with Crippen LogP contribution >= 0.6 is 12.6 Å². The van der Waals surface area contributed by atoms with Crippen LogP contribution in [-0.2, 0) is 28.8 Å². The first-order valence-corrected chi connectivity index (χ1v) is 10.6. The van der Waals surface area contributed by atoms with E-state index in [0.29, 0.717) is 25.8 Å². The van der Waals surface area contributed by atoms with Crippen molar-refractivity contribution in [2.24, 2.45) is 5.92 Å². The Kier molecular flexibility index (Phi) is 10.9. The summed E-state index contributed by atoms with van der Waals surface area (Å²) in [5, 5.41) is 13.2. The average molecular weight is 456 g/mol. The number of nitrogens with one attached hydrogen (secondary N) is 2. The topological polar surface area (TPSA) is 150 Å². The van der Waals surface area contributed by atoms with E-state index in [0.717, 1.165) is 4.90 Å². The van der Waals surface area contributed by atoms with Crippen molar-refractivity contribution >= 4 is 47.3 Å². The first-order valence-electron chi connectivity index (χ1n) is 10.1. The van der Waals surface area contributed by atoms with E-state index in [1.165, 1.54) is 12.2 Å². The normalized spacial score (nSPS) is 15.2. The first-order chi connectivity index (χ1) is 14.5. The second kappa shape index (κ2) is 12.9. The molecule has 11 heteroatoms. The van der Waals surface area contributed by atoms with Crippen LogP contribution in [0.2, 0.25) is 0 Å². The van der Waals surface area contributed by atoms with Gasteiger partial charge in [-0.05, 0) is 25.2 Å². The molecule has 1 aliphatic rings. The molecule has 1 aliphatic heterocycles. The number of hydrogen-bond donors (Lipinski definition) is 4. The Morgan fingerprint density at radius 2 is 1.61 bits per heavy atom. The molecule has 0 fully saturated rings. The molecular weight excluding hydrogens is 426 g/mol. The van der Waals surface area contributed by atoms with Gasteiger partial charge in [0.2, 0.25) is 16.9 Å². The number of aliphatic carboxylic acids is 1. The van der Waals surface area contributed by atoms with Gasteiger partial charge in [0.15, 0.2) is 0 Å². The second-order valence-electron chi connectivity index (χ2n) is 7.59. The maximum atomic E-state index is 12.5. The van der Waals surface area contributed by atoms with Crippen LogP contribution in [0, 0.1) is 5.92 Å². The van der Waals surface area contributed by atoms with E-state index in [2.05, 4.69) is 23.3 Å². The van der Waals surface area contributed by atoms with Gasteiger partial charge < -0.3 is 15.7 Å². The number of nitrogens with zero attached hydrogens (tertiary/aromatic N) is 1. The monoisotopic (exact) mass is 455 g/mol. The SMILES string of the molecule is CC(C)[C@H](NC(=O)CCCCCN1C(=O)C=CC1=O)C(=O)N[C@@H](CCC(=O)O)C(=O)S. The molecular formula is C20H29N3O7S. The molecule has 0 aromatic heterocycles. The summed E-state index contributed by atoms with van der Waals surface area (Å²) >= 11 is 3.69. The van der Waals surface area contributed by atoms with Crippen molar-refractivity contribution in [3.63, 3.8) is 0 Å². The number of hydrogen-bond acceptors (Lipinski definition) is 6. The van der Waals surface area contributed by atoms with Crippen LogP contribution < -0.4 is 10.6 Å². The van der Waals surface area contributed by atoms with Gasteiger partial charge in [-0.1, -0.05) is 20.3 Å². The van der Waals surface area contributed by atoms with Crippen molar-refractivity contribution in [2.45, 2.75) is 64.5 Å². The number of amides is 4. The molecule has 0 aliphatic carbocycles. The molecule has 0 spiro atoms. The molecule has 0 radical (unpaired) electrons. The summed E-state index contributed by atoms with van der Waals surface area (Å²) in [5.74, 6) is -2.97. The van der Waals surface area contributed by atoms with E-state index in [1.807, 2.05) is 0 Å². The van der Waals surface area contributed by atoms with E-state index in [1.54, 1.807) is 13.8 Å². The molecule has 3 N–H and O–H groups in total. The number of carboxylic acid groups (broad SMARTS) is 1. The standard InChI is InChI=1S/C20H29N3O7S/c1-12(2)18(19(29)21-13(20(30)31)7-10-17(27)28)22-14(24)6-4-3-5-11-23-15(25)8-9-16(23)26/h8-9,12-13,18H,3-7,10-11H2,1-2H3,(H,21,29)(H,22,24)(H,27,28)(H,30,31)/t13-,18-/m0/s1. The molecule has 0 unspecified atom stereocenters. The number of rotatable bonds is 14. The maximum absolute atomic E-state index is 12.5. The molecule has 0 aromatic carbocycles. The molecule has 2 atom stereocenters. The largest absolute Gasteiger partial charge is 0.481 e. The third-order valence-electron chi connectivity index (χ3n) is 4.71. The number of carbonyl (C=O) groups is 6. The number of unbranched alkanes of at least 4 members (excludes halogenated alkanes) is 2. The molecule has 4 amide bonds. The van der Waals surface area contributed by atoms with Crippen LogP contribution in [0.4, 0.5) is 0 Å². The van der Waals surface area contributed by atoms with Crippen molar-refractivity contribution in [2.75, 3.05) is 6.54 Å². The number of thiol groups is 1. The summed E-state index contributed by atoms with van der Waals surface area (Å²) in [6, 6.07) is -1.95. The molecule has 1 heterocycles. The molecule has 10 nitrogen and oxygen atoms in total. The van der Waals surface area contributed by atoms with Gasteiger partial charge in [0, 0.05) is 31.5 Å². The molecule has 31 heavy (non-hydrogen) atoms. The lowest BCUT2D eigenvalue weighted by atomic mass is 10.0. The van der Waals surface area contributed by atoms with Crippen LogP contribution in [0.1, 0.15) is 52.4 Å². The highest BCUT2D eigenvalue weighted by atomic mass is 32.1. The minimum Gasteiger partial charge on any atom is -0.481 e. The maximum Gasteiger partial charge on any atom is 0.303 e. The summed E-state index contributed by atoms with van der Waals surface area (Å²) in [6.45, 7) is 3.76. The zero-order valence-corrected chi connectivity index (χ0v) is 18.5. The fraction of sp³-hybridized carbons (Fsp3) is 0.600. The van der Waals surface area contributed by atoms with E-state index in [-0.39, 0.29) is 42.9 Å². The van der Waals surface area contributed by atoms with E-state index in [9.17, 15) is 28.8 Å². The predicted octanol–water partition coefficient (Wildman–Crippen LogP) is 0.419. The van der Waals surface area contributed by atoms with Gasteiger partial charge in [0.05, 0.1) is 6.04 Å². The Morgan fingerprint density at radius 1 is 1.00 bits per heavy atom. The summed E-state index contributed by atoms with van der Waals surface area (Å²) in [5.41, 5.74) is 0. The van der Waals surface area contributed by atoms with E-state index < -0.39 is 29.1 Å². The van der Waals surface area contributed by atoms with Crippen LogP contribution in [-0.4, -0.2) is 63.3 Å². The van der Waals surface area contributed by atoms with Crippen molar-refractivity contribution in [3.8, 4) is 0 Å². The molecule has 0 bridgehead atoms.